The van der Waals surface area contributed by atoms with Gasteiger partial charge in [0.1, 0.15) is 5.75 Å². The number of anilines is 1. The van der Waals surface area contributed by atoms with Crippen molar-refractivity contribution in [3.63, 3.8) is 0 Å². The van der Waals surface area contributed by atoms with Crippen molar-refractivity contribution in [1.82, 2.24) is 4.90 Å². The van der Waals surface area contributed by atoms with Crippen LogP contribution in [0.2, 0.25) is 0 Å². The van der Waals surface area contributed by atoms with Gasteiger partial charge in [-0.2, -0.15) is 0 Å². The van der Waals surface area contributed by atoms with Gasteiger partial charge in [0.2, 0.25) is 11.8 Å². The third-order valence-corrected chi connectivity index (χ3v) is 3.33. The second-order valence-electron chi connectivity index (χ2n) is 5.22. The van der Waals surface area contributed by atoms with Gasteiger partial charge in [-0.05, 0) is 23.8 Å². The van der Waals surface area contributed by atoms with Crippen molar-refractivity contribution in [3.8, 4) is 5.75 Å². The van der Waals surface area contributed by atoms with Gasteiger partial charge in [0.25, 0.3) is 0 Å². The summed E-state index contributed by atoms with van der Waals surface area (Å²) in [4.78, 5) is 25.4. The van der Waals surface area contributed by atoms with Crippen molar-refractivity contribution in [3.05, 3.63) is 66.2 Å². The number of amides is 2. The second-order valence-corrected chi connectivity index (χ2v) is 5.22. The largest absolute Gasteiger partial charge is 0.497 e. The molecule has 0 aliphatic carbocycles. The van der Waals surface area contributed by atoms with E-state index in [-0.39, 0.29) is 18.4 Å². The monoisotopic (exact) mass is 324 g/mol. The normalized spacial score (nSPS) is 10.4. The van der Waals surface area contributed by atoms with Gasteiger partial charge < -0.3 is 15.0 Å². The van der Waals surface area contributed by atoms with Crippen molar-refractivity contribution in [2.75, 3.05) is 26.0 Å². The summed E-state index contributed by atoms with van der Waals surface area (Å²) in [6, 6.07) is 16.6. The smallest absolute Gasteiger partial charge is 0.246 e. The van der Waals surface area contributed by atoms with Crippen LogP contribution in [-0.4, -0.2) is 37.4 Å². The molecule has 0 fully saturated rings. The van der Waals surface area contributed by atoms with Crippen molar-refractivity contribution >= 4 is 23.6 Å². The van der Waals surface area contributed by atoms with E-state index in [1.807, 2.05) is 30.3 Å². The van der Waals surface area contributed by atoms with E-state index < -0.39 is 0 Å². The fourth-order valence-corrected chi connectivity index (χ4v) is 2.05. The lowest BCUT2D eigenvalue weighted by atomic mass is 10.2. The number of hydrogen-bond acceptors (Lipinski definition) is 3. The first-order chi connectivity index (χ1) is 11.6. The molecular weight excluding hydrogens is 304 g/mol. The van der Waals surface area contributed by atoms with Gasteiger partial charge in [-0.25, -0.2) is 0 Å². The minimum atomic E-state index is -0.271. The highest BCUT2D eigenvalue weighted by Crippen LogP contribution is 2.16. The van der Waals surface area contributed by atoms with Gasteiger partial charge >= 0.3 is 0 Å². The number of carbonyl (C=O) groups is 2. The van der Waals surface area contributed by atoms with E-state index in [9.17, 15) is 9.59 Å². The molecule has 0 bridgehead atoms. The van der Waals surface area contributed by atoms with E-state index in [0.29, 0.717) is 11.4 Å². The molecule has 5 nitrogen and oxygen atoms in total. The van der Waals surface area contributed by atoms with E-state index >= 15 is 0 Å². The molecule has 0 radical (unpaired) electrons. The topological polar surface area (TPSA) is 58.6 Å². The maximum Gasteiger partial charge on any atom is 0.246 e. The summed E-state index contributed by atoms with van der Waals surface area (Å²) in [6.07, 6.45) is 3.17. The molecular formula is C19H20N2O3. The van der Waals surface area contributed by atoms with Crippen LogP contribution in [0.5, 0.6) is 5.75 Å². The molecule has 0 aliphatic rings. The van der Waals surface area contributed by atoms with Crippen molar-refractivity contribution in [2.45, 2.75) is 0 Å². The minimum absolute atomic E-state index is 0.0326. The zero-order valence-electron chi connectivity index (χ0n) is 13.7. The first kappa shape index (κ1) is 17.3. The molecule has 0 atom stereocenters. The third-order valence-electron chi connectivity index (χ3n) is 3.33. The number of likely N-dealkylation sites (N-methyl/N-ethyl adjacent to an activating group) is 1. The number of carbonyl (C=O) groups excluding carboxylic acids is 2. The summed E-state index contributed by atoms with van der Waals surface area (Å²) >= 11 is 0. The number of nitrogens with zero attached hydrogens (tertiary/aromatic N) is 1. The van der Waals surface area contributed by atoms with Gasteiger partial charge in [0, 0.05) is 24.9 Å². The highest BCUT2D eigenvalue weighted by Gasteiger charge is 2.11. The highest BCUT2D eigenvalue weighted by atomic mass is 16.5. The van der Waals surface area contributed by atoms with Crippen LogP contribution < -0.4 is 10.1 Å². The van der Waals surface area contributed by atoms with Crippen LogP contribution in [0.3, 0.4) is 0 Å². The number of rotatable bonds is 6. The van der Waals surface area contributed by atoms with Crippen LogP contribution in [-0.2, 0) is 9.59 Å². The molecule has 2 aromatic rings. The van der Waals surface area contributed by atoms with Gasteiger partial charge in [-0.1, -0.05) is 36.4 Å². The first-order valence-corrected chi connectivity index (χ1v) is 7.50. The maximum absolute atomic E-state index is 12.0. The molecule has 0 aromatic heterocycles. The van der Waals surface area contributed by atoms with Crippen LogP contribution in [0.1, 0.15) is 5.56 Å². The molecule has 0 saturated carbocycles. The summed E-state index contributed by atoms with van der Waals surface area (Å²) in [5.41, 5.74) is 1.56. The quantitative estimate of drug-likeness (QED) is 0.831. The van der Waals surface area contributed by atoms with Crippen LogP contribution >= 0.6 is 0 Å². The number of methoxy groups -OCH3 is 1. The van der Waals surface area contributed by atoms with E-state index in [0.717, 1.165) is 5.56 Å². The molecule has 1 N–H and O–H groups in total. The Morgan fingerprint density at radius 3 is 2.58 bits per heavy atom. The number of nitrogens with one attached hydrogen (secondary N) is 1. The molecule has 2 rings (SSSR count). The lowest BCUT2D eigenvalue weighted by Crippen LogP contribution is -2.33. The molecule has 2 amide bonds. The minimum Gasteiger partial charge on any atom is -0.497 e. The third kappa shape index (κ3) is 5.28. The Hall–Kier alpha value is -3.08. The van der Waals surface area contributed by atoms with Gasteiger partial charge in [0.05, 0.1) is 13.7 Å². The van der Waals surface area contributed by atoms with Crippen molar-refractivity contribution in [2.24, 2.45) is 0 Å². The average molecular weight is 324 g/mol. The maximum atomic E-state index is 12.0. The average Bonchev–Trinajstić information content (AvgIpc) is 2.60. The van der Waals surface area contributed by atoms with E-state index in [2.05, 4.69) is 5.32 Å². The summed E-state index contributed by atoms with van der Waals surface area (Å²) in [6.45, 7) is -0.0326. The zero-order chi connectivity index (χ0) is 17.4. The van der Waals surface area contributed by atoms with Crippen molar-refractivity contribution in [1.29, 1.82) is 0 Å². The van der Waals surface area contributed by atoms with Crippen LogP contribution in [0, 0.1) is 0 Å². The molecule has 0 unspecified atom stereocenters. The predicted octanol–water partition coefficient (Wildman–Crippen LogP) is 2.81. The Balaban J connectivity index is 1.88. The summed E-state index contributed by atoms with van der Waals surface area (Å²) in [5, 5.41) is 2.74. The first-order valence-electron chi connectivity index (χ1n) is 7.50. The van der Waals surface area contributed by atoms with Crippen LogP contribution in [0.15, 0.2) is 60.7 Å². The van der Waals surface area contributed by atoms with Gasteiger partial charge in [-0.15, -0.1) is 0 Å². The summed E-state index contributed by atoms with van der Waals surface area (Å²) in [5.74, 6) is 0.148. The Morgan fingerprint density at radius 2 is 1.88 bits per heavy atom. The number of benzene rings is 2. The van der Waals surface area contributed by atoms with Gasteiger partial charge in [-0.3, -0.25) is 9.59 Å². The SMILES string of the molecule is COc1cccc(NC(=O)CN(C)C(=O)/C=C/c2ccccc2)c1. The van der Waals surface area contributed by atoms with Crippen LogP contribution in [0.25, 0.3) is 6.08 Å². The molecule has 5 heteroatoms. The Labute approximate surface area is 141 Å². The molecule has 0 aliphatic heterocycles. The number of hydrogen-bond donors (Lipinski definition) is 1. The van der Waals surface area contributed by atoms with Gasteiger partial charge in [0.15, 0.2) is 0 Å². The van der Waals surface area contributed by atoms with Crippen molar-refractivity contribution < 1.29 is 14.3 Å². The lowest BCUT2D eigenvalue weighted by Gasteiger charge is -2.15. The molecule has 0 spiro atoms. The molecule has 24 heavy (non-hydrogen) atoms. The zero-order valence-corrected chi connectivity index (χ0v) is 13.7. The standard InChI is InChI=1S/C19H20N2O3/c1-21(19(23)12-11-15-7-4-3-5-8-15)14-18(22)20-16-9-6-10-17(13-16)24-2/h3-13H,14H2,1-2H3,(H,20,22)/b12-11+. The molecule has 124 valence electrons. The van der Waals surface area contributed by atoms with Crippen LogP contribution in [0.4, 0.5) is 5.69 Å². The Morgan fingerprint density at radius 1 is 1.12 bits per heavy atom. The fraction of sp³-hybridized carbons (Fsp3) is 0.158. The number of ether oxygens (including phenoxy) is 1. The molecule has 2 aromatic carbocycles. The Bertz CT molecular complexity index is 726. The lowest BCUT2D eigenvalue weighted by molar-refractivity contribution is -0.129. The second kappa shape index (κ2) is 8.53. The molecule has 0 saturated heterocycles. The Kier molecular flexibility index (Phi) is 6.14. The summed E-state index contributed by atoms with van der Waals surface area (Å²) < 4.78 is 5.10. The molecule has 0 heterocycles. The van der Waals surface area contributed by atoms with E-state index in [1.54, 1.807) is 44.5 Å². The van der Waals surface area contributed by atoms with E-state index in [1.165, 1.54) is 11.0 Å². The summed E-state index contributed by atoms with van der Waals surface area (Å²) in [7, 11) is 3.15. The predicted molar refractivity (Wildman–Crippen MR) is 94.7 cm³/mol. The van der Waals surface area contributed by atoms with E-state index in [4.69, 9.17) is 4.74 Å². The fourth-order valence-electron chi connectivity index (χ4n) is 2.05. The highest BCUT2D eigenvalue weighted by molar-refractivity contribution is 5.97.